The van der Waals surface area contributed by atoms with E-state index in [2.05, 4.69) is 4.98 Å². The molecule has 1 aromatic heterocycles. The van der Waals surface area contributed by atoms with E-state index in [4.69, 9.17) is 28.4 Å². The van der Waals surface area contributed by atoms with Crippen molar-refractivity contribution in [1.29, 1.82) is 0 Å². The standard InChI is InChI=1S/C31H25NO9/c1-36-17-5-7-21-15(9-17)10-20(31(35)32-21)19-13-27(33)40-22-8-6-18-29(34)26(41-30(18)28(19)22)12-16-11-24(38-3)25(39-4)14-23(16)37-2/h5-12,14,19H,13H2,1-4H3,(H,32,35)/b26-12-. The molecule has 0 amide bonds. The number of nitrogens with one attached hydrogen (secondary N) is 1. The molecule has 3 aromatic carbocycles. The number of aromatic nitrogens is 1. The van der Waals surface area contributed by atoms with Gasteiger partial charge in [0.2, 0.25) is 5.78 Å². The van der Waals surface area contributed by atoms with Crippen LogP contribution in [0.5, 0.6) is 34.5 Å². The maximum absolute atomic E-state index is 13.5. The van der Waals surface area contributed by atoms with Gasteiger partial charge in [0.15, 0.2) is 17.3 Å². The van der Waals surface area contributed by atoms with Crippen LogP contribution in [-0.2, 0) is 4.79 Å². The van der Waals surface area contributed by atoms with Gasteiger partial charge in [-0.2, -0.15) is 0 Å². The predicted octanol–water partition coefficient (Wildman–Crippen LogP) is 4.62. The monoisotopic (exact) mass is 555 g/mol. The van der Waals surface area contributed by atoms with Crippen molar-refractivity contribution < 1.29 is 38.0 Å². The maximum Gasteiger partial charge on any atom is 0.312 e. The van der Waals surface area contributed by atoms with Gasteiger partial charge >= 0.3 is 5.97 Å². The molecule has 1 N–H and O–H groups in total. The number of Topliss-reactive ketones (excluding diaryl/α,β-unsaturated/α-hetero) is 1. The summed E-state index contributed by atoms with van der Waals surface area (Å²) in [5.41, 5.74) is 1.87. The SMILES string of the molecule is COc1ccc2[nH]c(=O)c(C3CC(=O)Oc4ccc5c(c43)O/C(=C\c3cc(OC)c(OC)cc3OC)C5=O)cc2c1. The summed E-state index contributed by atoms with van der Waals surface area (Å²) in [5.74, 6) is 0.882. The van der Waals surface area contributed by atoms with Gasteiger partial charge in [0.25, 0.3) is 5.56 Å². The van der Waals surface area contributed by atoms with Crippen molar-refractivity contribution >= 4 is 28.7 Å². The number of H-pyrrole nitrogens is 1. The van der Waals surface area contributed by atoms with E-state index >= 15 is 0 Å². The third kappa shape index (κ3) is 4.33. The fraction of sp³-hybridized carbons (Fsp3) is 0.194. The second-order valence-electron chi connectivity index (χ2n) is 9.48. The highest BCUT2D eigenvalue weighted by molar-refractivity contribution is 6.15. The molecule has 0 saturated heterocycles. The molecule has 0 radical (unpaired) electrons. The highest BCUT2D eigenvalue weighted by Gasteiger charge is 2.39. The summed E-state index contributed by atoms with van der Waals surface area (Å²) in [6, 6.07) is 13.4. The van der Waals surface area contributed by atoms with Gasteiger partial charge in [-0.3, -0.25) is 14.4 Å². The molecular weight excluding hydrogens is 530 g/mol. The van der Waals surface area contributed by atoms with Crippen molar-refractivity contribution in [3.05, 3.63) is 86.9 Å². The Kier molecular flexibility index (Phi) is 6.37. The second-order valence-corrected chi connectivity index (χ2v) is 9.48. The van der Waals surface area contributed by atoms with Crippen LogP contribution in [0, 0.1) is 0 Å². The fourth-order valence-electron chi connectivity index (χ4n) is 5.27. The molecule has 3 heterocycles. The average Bonchev–Trinajstić information content (AvgIpc) is 3.30. The number of carbonyl (C=O) groups is 2. The molecule has 2 aliphatic heterocycles. The first-order valence-electron chi connectivity index (χ1n) is 12.7. The topological polar surface area (TPSA) is 122 Å². The maximum atomic E-state index is 13.5. The van der Waals surface area contributed by atoms with E-state index in [1.54, 1.807) is 61.7 Å². The van der Waals surface area contributed by atoms with Crippen LogP contribution in [0.3, 0.4) is 0 Å². The van der Waals surface area contributed by atoms with Crippen molar-refractivity contribution in [2.75, 3.05) is 28.4 Å². The van der Waals surface area contributed by atoms with E-state index < -0.39 is 11.9 Å². The molecule has 6 rings (SSSR count). The zero-order valence-electron chi connectivity index (χ0n) is 22.7. The number of esters is 1. The third-order valence-corrected chi connectivity index (χ3v) is 7.26. The molecule has 4 aromatic rings. The molecule has 10 nitrogen and oxygen atoms in total. The van der Waals surface area contributed by atoms with E-state index in [9.17, 15) is 14.4 Å². The molecular formula is C31H25NO9. The minimum absolute atomic E-state index is 0.0340. The summed E-state index contributed by atoms with van der Waals surface area (Å²) in [7, 11) is 6.08. The molecule has 10 heteroatoms. The van der Waals surface area contributed by atoms with Gasteiger partial charge in [-0.05, 0) is 48.5 Å². The number of hydrogen-bond acceptors (Lipinski definition) is 9. The first kappa shape index (κ1) is 26.0. The molecule has 2 aliphatic rings. The summed E-state index contributed by atoms with van der Waals surface area (Å²) in [6.07, 6.45) is 1.44. The van der Waals surface area contributed by atoms with Crippen LogP contribution in [-0.4, -0.2) is 45.2 Å². The van der Waals surface area contributed by atoms with Crippen LogP contribution in [0.1, 0.15) is 39.4 Å². The fourth-order valence-corrected chi connectivity index (χ4v) is 5.27. The third-order valence-electron chi connectivity index (χ3n) is 7.26. The summed E-state index contributed by atoms with van der Waals surface area (Å²) < 4.78 is 33.3. The number of methoxy groups -OCH3 is 4. The number of fused-ring (bicyclic) bond motifs is 4. The van der Waals surface area contributed by atoms with Crippen LogP contribution >= 0.6 is 0 Å². The van der Waals surface area contributed by atoms with Gasteiger partial charge in [-0.15, -0.1) is 0 Å². The molecule has 208 valence electrons. The molecule has 0 fully saturated rings. The summed E-state index contributed by atoms with van der Waals surface area (Å²) in [6.45, 7) is 0. The van der Waals surface area contributed by atoms with Gasteiger partial charge in [0.1, 0.15) is 23.0 Å². The normalized spacial score (nSPS) is 16.6. The van der Waals surface area contributed by atoms with Crippen LogP contribution in [0.4, 0.5) is 0 Å². The average molecular weight is 556 g/mol. The van der Waals surface area contributed by atoms with Crippen molar-refractivity contribution in [2.45, 2.75) is 12.3 Å². The highest BCUT2D eigenvalue weighted by atomic mass is 16.5. The minimum Gasteiger partial charge on any atom is -0.497 e. The molecule has 41 heavy (non-hydrogen) atoms. The molecule has 1 atom stereocenters. The number of ketones is 1. The molecule has 0 saturated carbocycles. The Hall–Kier alpha value is -5.25. The van der Waals surface area contributed by atoms with Crippen LogP contribution < -0.4 is 34.0 Å². The Bertz CT molecular complexity index is 1840. The van der Waals surface area contributed by atoms with Crippen LogP contribution in [0.15, 0.2) is 59.1 Å². The number of allylic oxidation sites excluding steroid dienone is 1. The number of pyridine rings is 1. The number of carbonyl (C=O) groups excluding carboxylic acids is 2. The number of hydrogen-bond donors (Lipinski definition) is 1. The van der Waals surface area contributed by atoms with Gasteiger partial charge in [-0.25, -0.2) is 0 Å². The minimum atomic E-state index is -0.719. The molecule has 0 aliphatic carbocycles. The Morgan fingerprint density at radius 2 is 1.59 bits per heavy atom. The van der Waals surface area contributed by atoms with Gasteiger partial charge in [0, 0.05) is 39.6 Å². The molecule has 0 spiro atoms. The van der Waals surface area contributed by atoms with E-state index in [1.165, 1.54) is 21.3 Å². The number of ether oxygens (including phenoxy) is 6. The molecule has 0 bridgehead atoms. The van der Waals surface area contributed by atoms with Gasteiger partial charge in [-0.1, -0.05) is 0 Å². The quantitative estimate of drug-likeness (QED) is 0.206. The summed E-state index contributed by atoms with van der Waals surface area (Å²) in [5, 5.41) is 0.727. The van der Waals surface area contributed by atoms with Crippen LogP contribution in [0.25, 0.3) is 17.0 Å². The smallest absolute Gasteiger partial charge is 0.312 e. The zero-order chi connectivity index (χ0) is 28.8. The lowest BCUT2D eigenvalue weighted by atomic mass is 9.85. The Balaban J connectivity index is 1.48. The van der Waals surface area contributed by atoms with E-state index in [1.807, 2.05) is 0 Å². The van der Waals surface area contributed by atoms with Crippen molar-refractivity contribution in [1.82, 2.24) is 4.98 Å². The van der Waals surface area contributed by atoms with Gasteiger partial charge in [0.05, 0.1) is 40.4 Å². The lowest BCUT2D eigenvalue weighted by Gasteiger charge is -2.26. The summed E-state index contributed by atoms with van der Waals surface area (Å²) in [4.78, 5) is 42.3. The van der Waals surface area contributed by atoms with Crippen molar-refractivity contribution in [3.8, 4) is 34.5 Å². The van der Waals surface area contributed by atoms with Crippen molar-refractivity contribution in [2.24, 2.45) is 0 Å². The van der Waals surface area contributed by atoms with E-state index in [0.29, 0.717) is 45.2 Å². The Morgan fingerprint density at radius 3 is 2.32 bits per heavy atom. The first-order valence-corrected chi connectivity index (χ1v) is 12.7. The molecule has 1 unspecified atom stereocenters. The van der Waals surface area contributed by atoms with Gasteiger partial charge < -0.3 is 33.4 Å². The number of benzene rings is 3. The lowest BCUT2D eigenvalue weighted by molar-refractivity contribution is -0.135. The number of aromatic amines is 1. The highest BCUT2D eigenvalue weighted by Crippen LogP contribution is 2.49. The van der Waals surface area contributed by atoms with Crippen molar-refractivity contribution in [3.63, 3.8) is 0 Å². The number of rotatable bonds is 6. The predicted molar refractivity (Wildman–Crippen MR) is 149 cm³/mol. The Labute approximate surface area is 234 Å². The lowest BCUT2D eigenvalue weighted by Crippen LogP contribution is -2.26. The van der Waals surface area contributed by atoms with E-state index in [0.717, 1.165) is 5.39 Å². The largest absolute Gasteiger partial charge is 0.497 e. The first-order chi connectivity index (χ1) is 19.8. The zero-order valence-corrected chi connectivity index (χ0v) is 22.7. The second kappa shape index (κ2) is 10.1. The summed E-state index contributed by atoms with van der Waals surface area (Å²) >= 11 is 0. The van der Waals surface area contributed by atoms with E-state index in [-0.39, 0.29) is 40.6 Å². The van der Waals surface area contributed by atoms with Crippen LogP contribution in [0.2, 0.25) is 0 Å². The Morgan fingerprint density at radius 1 is 0.829 bits per heavy atom.